The summed E-state index contributed by atoms with van der Waals surface area (Å²) in [5.74, 6) is -0.862. The molecule has 0 bridgehead atoms. The van der Waals surface area contributed by atoms with Crippen molar-refractivity contribution in [1.29, 1.82) is 0 Å². The lowest BCUT2D eigenvalue weighted by atomic mass is 9.90. The van der Waals surface area contributed by atoms with Crippen LogP contribution in [0.25, 0.3) is 10.9 Å². The number of anilines is 1. The Morgan fingerprint density at radius 3 is 2.35 bits per heavy atom. The molecule has 2 saturated heterocycles. The molecular formula is C31H41F4N7O. The van der Waals surface area contributed by atoms with Gasteiger partial charge in [0.25, 0.3) is 5.88 Å². The molecule has 6 rings (SSSR count). The second-order valence-electron chi connectivity index (χ2n) is 12.3. The van der Waals surface area contributed by atoms with Crippen LogP contribution >= 0.6 is 0 Å². The van der Waals surface area contributed by atoms with Gasteiger partial charge in [0.15, 0.2) is 5.82 Å². The van der Waals surface area contributed by atoms with Crippen molar-refractivity contribution in [2.75, 3.05) is 45.1 Å². The molecule has 3 aromatic heterocycles. The van der Waals surface area contributed by atoms with Crippen molar-refractivity contribution in [1.82, 2.24) is 29.5 Å². The van der Waals surface area contributed by atoms with Gasteiger partial charge in [0, 0.05) is 42.4 Å². The Hall–Kier alpha value is -2.99. The van der Waals surface area contributed by atoms with E-state index in [1.807, 2.05) is 13.1 Å². The van der Waals surface area contributed by atoms with Crippen LogP contribution in [0.15, 0.2) is 24.5 Å². The number of fused-ring (bicyclic) bond motifs is 1. The van der Waals surface area contributed by atoms with Crippen LogP contribution in [0, 0.1) is 5.82 Å². The Morgan fingerprint density at radius 2 is 1.67 bits per heavy atom. The topological polar surface area (TPSA) is 71.3 Å². The van der Waals surface area contributed by atoms with Crippen molar-refractivity contribution in [2.24, 2.45) is 0 Å². The summed E-state index contributed by atoms with van der Waals surface area (Å²) in [6.07, 6.45) is 4.87. The number of pyridine rings is 2. The van der Waals surface area contributed by atoms with Crippen LogP contribution in [0.4, 0.5) is 23.4 Å². The Kier molecular flexibility index (Phi) is 8.77. The highest BCUT2D eigenvalue weighted by Gasteiger charge is 2.37. The van der Waals surface area contributed by atoms with Crippen LogP contribution in [0.3, 0.4) is 0 Å². The average Bonchev–Trinajstić information content (AvgIpc) is 3.37. The maximum atomic E-state index is 14.5. The van der Waals surface area contributed by atoms with E-state index < -0.39 is 29.5 Å². The Morgan fingerprint density at radius 1 is 0.953 bits per heavy atom. The third kappa shape index (κ3) is 6.45. The van der Waals surface area contributed by atoms with Gasteiger partial charge < -0.3 is 19.9 Å². The predicted molar refractivity (Wildman–Crippen MR) is 157 cm³/mol. The zero-order valence-electron chi connectivity index (χ0n) is 24.9. The maximum absolute atomic E-state index is 14.5. The Balaban J connectivity index is 1.17. The van der Waals surface area contributed by atoms with Gasteiger partial charge in [0.05, 0.1) is 22.8 Å². The van der Waals surface area contributed by atoms with Crippen molar-refractivity contribution in [3.8, 4) is 5.88 Å². The first-order valence-corrected chi connectivity index (χ1v) is 15.6. The lowest BCUT2D eigenvalue weighted by molar-refractivity contribution is -0.140. The largest absolute Gasteiger partial charge is 0.472 e. The van der Waals surface area contributed by atoms with Crippen molar-refractivity contribution < 1.29 is 22.3 Å². The minimum atomic E-state index is -4.80. The molecule has 1 saturated carbocycles. The lowest BCUT2D eigenvalue weighted by Crippen LogP contribution is -2.46. The summed E-state index contributed by atoms with van der Waals surface area (Å²) < 4.78 is 61.8. The number of aromatic nitrogens is 4. The molecule has 3 fully saturated rings. The van der Waals surface area contributed by atoms with Crippen LogP contribution in [0.5, 0.6) is 5.88 Å². The zero-order chi connectivity index (χ0) is 30.1. The second kappa shape index (κ2) is 12.6. The molecular weight excluding hydrogens is 562 g/mol. The summed E-state index contributed by atoms with van der Waals surface area (Å²) in [6.45, 7) is 7.29. The van der Waals surface area contributed by atoms with E-state index in [1.165, 1.54) is 12.8 Å². The van der Waals surface area contributed by atoms with Gasteiger partial charge >= 0.3 is 6.18 Å². The van der Waals surface area contributed by atoms with Crippen molar-refractivity contribution in [2.45, 2.75) is 88.6 Å². The highest BCUT2D eigenvalue weighted by Crippen LogP contribution is 2.39. The smallest absolute Gasteiger partial charge is 0.419 e. The normalized spacial score (nSPS) is 23.6. The minimum absolute atomic E-state index is 0.103. The third-order valence-corrected chi connectivity index (χ3v) is 9.53. The highest BCUT2D eigenvalue weighted by molar-refractivity contribution is 5.84. The highest BCUT2D eigenvalue weighted by atomic mass is 19.4. The molecule has 0 aromatic carbocycles. The molecule has 1 N–H and O–H groups in total. The number of nitrogens with one attached hydrogen (secondary N) is 1. The molecule has 2 aliphatic heterocycles. The van der Waals surface area contributed by atoms with E-state index in [1.54, 1.807) is 0 Å². The average molecular weight is 604 g/mol. The fraction of sp³-hybridized carbons (Fsp3) is 0.645. The fourth-order valence-corrected chi connectivity index (χ4v) is 7.10. The van der Waals surface area contributed by atoms with Crippen LogP contribution in [-0.2, 0) is 6.18 Å². The standard InChI is InChI=1S/C31H41F4N7O/c1-3-36-27-18-26-24(19-38-27)29(20-9-16-41(17-10-20)21-11-14-40(2)15-12-21)39-42(26)22-4-6-23(7-5-22)43-30-28(32)25(8-13-37-30)31(33,34)35/h8,13,18-23H,3-7,9-12,14-17H2,1-2H3,(H,36,38)/t22-,23+. The first-order chi connectivity index (χ1) is 20.7. The SMILES string of the molecule is CCNc1cc2c(cn1)c(C1CCN(C3CCN(C)CC3)CC1)nn2[C@H]1CC[C@@H](Oc2nccc(C(F)(F)F)c2F)CC1. The zero-order valence-corrected chi connectivity index (χ0v) is 24.9. The minimum Gasteiger partial charge on any atom is -0.472 e. The lowest BCUT2D eigenvalue weighted by Gasteiger charge is -2.40. The quantitative estimate of drug-likeness (QED) is 0.320. The molecule has 12 heteroatoms. The van der Waals surface area contributed by atoms with Crippen LogP contribution in [0.2, 0.25) is 0 Å². The van der Waals surface area contributed by atoms with Crippen molar-refractivity contribution >= 4 is 16.7 Å². The van der Waals surface area contributed by atoms with Gasteiger partial charge in [-0.2, -0.15) is 18.3 Å². The summed E-state index contributed by atoms with van der Waals surface area (Å²) in [4.78, 5) is 13.5. The van der Waals surface area contributed by atoms with Crippen LogP contribution in [-0.4, -0.2) is 81.5 Å². The first kappa shape index (κ1) is 30.1. The summed E-state index contributed by atoms with van der Waals surface area (Å²) in [5, 5.41) is 9.64. The van der Waals surface area contributed by atoms with E-state index in [2.05, 4.69) is 42.9 Å². The van der Waals surface area contributed by atoms with E-state index in [9.17, 15) is 17.6 Å². The van der Waals surface area contributed by atoms with Gasteiger partial charge in [-0.05, 0) is 97.6 Å². The van der Waals surface area contributed by atoms with Gasteiger partial charge in [-0.15, -0.1) is 0 Å². The number of ether oxygens (including phenoxy) is 1. The fourth-order valence-electron chi connectivity index (χ4n) is 7.10. The van der Waals surface area contributed by atoms with E-state index >= 15 is 0 Å². The molecule has 0 unspecified atom stereocenters. The molecule has 5 heterocycles. The number of hydrogen-bond donors (Lipinski definition) is 1. The predicted octanol–water partition coefficient (Wildman–Crippen LogP) is 6.25. The molecule has 234 valence electrons. The maximum Gasteiger partial charge on any atom is 0.419 e. The van der Waals surface area contributed by atoms with Crippen molar-refractivity contribution in [3.05, 3.63) is 41.6 Å². The number of piperidine rings is 2. The van der Waals surface area contributed by atoms with Gasteiger partial charge in [-0.1, -0.05) is 0 Å². The molecule has 0 atom stereocenters. The molecule has 0 amide bonds. The third-order valence-electron chi connectivity index (χ3n) is 9.53. The summed E-state index contributed by atoms with van der Waals surface area (Å²) in [7, 11) is 2.20. The summed E-state index contributed by atoms with van der Waals surface area (Å²) >= 11 is 0. The first-order valence-electron chi connectivity index (χ1n) is 15.6. The molecule has 1 aliphatic carbocycles. The second-order valence-corrected chi connectivity index (χ2v) is 12.3. The van der Waals surface area contributed by atoms with Gasteiger partial charge in [0.1, 0.15) is 11.9 Å². The van der Waals surface area contributed by atoms with E-state index in [0.29, 0.717) is 30.9 Å². The van der Waals surface area contributed by atoms with Gasteiger partial charge in [-0.3, -0.25) is 4.68 Å². The van der Waals surface area contributed by atoms with E-state index in [4.69, 9.17) is 9.84 Å². The summed E-state index contributed by atoms with van der Waals surface area (Å²) in [5.41, 5.74) is 0.805. The van der Waals surface area contributed by atoms with Crippen LogP contribution < -0.4 is 10.1 Å². The summed E-state index contributed by atoms with van der Waals surface area (Å²) in [6, 6.07) is 3.49. The molecule has 0 spiro atoms. The number of rotatable bonds is 7. The van der Waals surface area contributed by atoms with Gasteiger partial charge in [-0.25, -0.2) is 14.4 Å². The van der Waals surface area contributed by atoms with Crippen LogP contribution in [0.1, 0.15) is 81.5 Å². The van der Waals surface area contributed by atoms with Gasteiger partial charge in [0.2, 0.25) is 0 Å². The van der Waals surface area contributed by atoms with Crippen molar-refractivity contribution in [3.63, 3.8) is 0 Å². The number of nitrogens with zero attached hydrogens (tertiary/aromatic N) is 6. The molecule has 8 nitrogen and oxygen atoms in total. The number of alkyl halides is 3. The Labute approximate surface area is 249 Å². The molecule has 43 heavy (non-hydrogen) atoms. The molecule has 0 radical (unpaired) electrons. The van der Waals surface area contributed by atoms with E-state index in [-0.39, 0.29) is 6.04 Å². The Bertz CT molecular complexity index is 1390. The number of halogens is 4. The van der Waals surface area contributed by atoms with E-state index in [0.717, 1.165) is 87.0 Å². The number of likely N-dealkylation sites (tertiary alicyclic amines) is 2. The number of hydrogen-bond acceptors (Lipinski definition) is 7. The molecule has 3 aromatic rings. The molecule has 3 aliphatic rings. The monoisotopic (exact) mass is 603 g/mol.